The third kappa shape index (κ3) is 4.43. The summed E-state index contributed by atoms with van der Waals surface area (Å²) in [4.78, 5) is 6.94. The molecule has 0 N–H and O–H groups in total. The maximum Gasteiger partial charge on any atom is 0.221 e. The molecule has 0 atom stereocenters. The number of nitrogens with zero attached hydrogens (tertiary/aromatic N) is 5. The molecule has 0 amide bonds. The van der Waals surface area contributed by atoms with E-state index in [4.69, 9.17) is 0 Å². The molecule has 2 fully saturated rings. The smallest absolute Gasteiger partial charge is 0.221 e. The van der Waals surface area contributed by atoms with Crippen LogP contribution in [0.1, 0.15) is 70.8 Å². The van der Waals surface area contributed by atoms with Crippen LogP contribution in [0.15, 0.2) is 29.3 Å². The highest BCUT2D eigenvalue weighted by atomic mass is 15.2. The van der Waals surface area contributed by atoms with E-state index in [-0.39, 0.29) is 0 Å². The monoisotopic (exact) mass is 393 g/mol. The average Bonchev–Trinajstić information content (AvgIpc) is 3.04. The molecule has 1 aromatic heterocycles. The fourth-order valence-corrected chi connectivity index (χ4v) is 5.52. The molecule has 2 aromatic rings. The van der Waals surface area contributed by atoms with Crippen LogP contribution in [-0.2, 0) is 6.54 Å². The summed E-state index contributed by atoms with van der Waals surface area (Å²) in [5.74, 6) is 0.894. The number of benzene rings is 1. The Morgan fingerprint density at radius 3 is 2.28 bits per heavy atom. The summed E-state index contributed by atoms with van der Waals surface area (Å²) in [5, 5.41) is 9.30. The van der Waals surface area contributed by atoms with E-state index >= 15 is 0 Å². The summed E-state index contributed by atoms with van der Waals surface area (Å²) >= 11 is 0. The fraction of sp³-hybridized carbons (Fsp3) is 0.667. The quantitative estimate of drug-likeness (QED) is 0.698. The number of hydrogen-bond acceptors (Lipinski definition) is 3. The van der Waals surface area contributed by atoms with Gasteiger partial charge in [0.15, 0.2) is 0 Å². The third-order valence-electron chi connectivity index (χ3n) is 7.02. The Bertz CT molecular complexity index is 899. The van der Waals surface area contributed by atoms with E-state index in [0.717, 1.165) is 44.0 Å². The summed E-state index contributed by atoms with van der Waals surface area (Å²) < 4.78 is 4.52. The molecule has 0 unspecified atom stereocenters. The van der Waals surface area contributed by atoms with E-state index in [0.29, 0.717) is 6.04 Å². The molecule has 1 aliphatic heterocycles. The van der Waals surface area contributed by atoms with Gasteiger partial charge in [0.1, 0.15) is 0 Å². The van der Waals surface area contributed by atoms with Gasteiger partial charge < -0.3 is 14.0 Å². The second-order valence-corrected chi connectivity index (χ2v) is 8.86. The van der Waals surface area contributed by atoms with Crippen LogP contribution in [-0.4, -0.2) is 33.7 Å². The van der Waals surface area contributed by atoms with Crippen molar-refractivity contribution in [2.75, 3.05) is 19.6 Å². The highest BCUT2D eigenvalue weighted by Gasteiger charge is 2.25. The predicted octanol–water partition coefficient (Wildman–Crippen LogP) is 4.84. The molecule has 29 heavy (non-hydrogen) atoms. The van der Waals surface area contributed by atoms with Crippen molar-refractivity contribution >= 4 is 11.0 Å². The van der Waals surface area contributed by atoms with Gasteiger partial charge in [0.2, 0.25) is 11.8 Å². The summed E-state index contributed by atoms with van der Waals surface area (Å²) in [5.41, 5.74) is 3.21. The number of rotatable bonds is 4. The van der Waals surface area contributed by atoms with Crippen molar-refractivity contribution in [2.24, 2.45) is 10.9 Å². The van der Waals surface area contributed by atoms with Gasteiger partial charge in [-0.05, 0) is 50.7 Å². The summed E-state index contributed by atoms with van der Waals surface area (Å²) in [6.45, 7) is 6.56. The minimum absolute atomic E-state index is 0.424. The van der Waals surface area contributed by atoms with Gasteiger partial charge in [-0.15, -0.1) is 4.99 Å². The Labute approximate surface area is 174 Å². The molecule has 1 aliphatic carbocycles. The molecule has 5 heteroatoms. The number of piperidine rings is 1. The van der Waals surface area contributed by atoms with Crippen LogP contribution >= 0.6 is 0 Å². The molecule has 1 aromatic carbocycles. The van der Waals surface area contributed by atoms with Crippen LogP contribution in [0.2, 0.25) is 0 Å². The fourth-order valence-electron chi connectivity index (χ4n) is 5.52. The summed E-state index contributed by atoms with van der Waals surface area (Å²) in [6.07, 6.45) is 14.3. The molecule has 2 aliphatic rings. The van der Waals surface area contributed by atoms with Crippen molar-refractivity contribution in [1.29, 1.82) is 5.26 Å². The minimum Gasteiger partial charge on any atom is -0.310 e. The van der Waals surface area contributed by atoms with Crippen LogP contribution < -0.4 is 5.62 Å². The van der Waals surface area contributed by atoms with E-state index in [2.05, 4.69) is 50.2 Å². The number of imidazole rings is 1. The first kappa shape index (κ1) is 20.2. The SMILES string of the molecule is CCn1/c(=N\C#N)n(C2CCN(CC3CCCCCCC3)CC2)c2ccccc21. The van der Waals surface area contributed by atoms with Crippen molar-refractivity contribution in [1.82, 2.24) is 14.0 Å². The zero-order valence-electron chi connectivity index (χ0n) is 17.9. The Hall–Kier alpha value is -2.06. The molecule has 0 radical (unpaired) electrons. The molecule has 156 valence electrons. The van der Waals surface area contributed by atoms with E-state index in [1.165, 1.54) is 62.5 Å². The molecular formula is C24H35N5. The van der Waals surface area contributed by atoms with Gasteiger partial charge in [0, 0.05) is 32.2 Å². The third-order valence-corrected chi connectivity index (χ3v) is 7.02. The van der Waals surface area contributed by atoms with Crippen molar-refractivity contribution in [3.8, 4) is 6.19 Å². The average molecular weight is 394 g/mol. The largest absolute Gasteiger partial charge is 0.310 e. The van der Waals surface area contributed by atoms with E-state index in [1.807, 2.05) is 6.19 Å². The Kier molecular flexibility index (Phi) is 6.71. The first-order chi connectivity index (χ1) is 14.3. The van der Waals surface area contributed by atoms with Gasteiger partial charge in [0.05, 0.1) is 11.0 Å². The second kappa shape index (κ2) is 9.63. The van der Waals surface area contributed by atoms with Gasteiger partial charge in [-0.1, -0.05) is 44.2 Å². The molecular weight excluding hydrogens is 358 g/mol. The highest BCUT2D eigenvalue weighted by Crippen LogP contribution is 2.28. The lowest BCUT2D eigenvalue weighted by Gasteiger charge is -2.35. The molecule has 1 saturated heterocycles. The first-order valence-electron chi connectivity index (χ1n) is 11.7. The van der Waals surface area contributed by atoms with Gasteiger partial charge >= 0.3 is 0 Å². The number of aryl methyl sites for hydroxylation is 1. The van der Waals surface area contributed by atoms with Gasteiger partial charge in [-0.3, -0.25) is 0 Å². The molecule has 1 saturated carbocycles. The lowest BCUT2D eigenvalue weighted by atomic mass is 9.90. The van der Waals surface area contributed by atoms with E-state index in [9.17, 15) is 5.26 Å². The lowest BCUT2D eigenvalue weighted by molar-refractivity contribution is 0.151. The Balaban J connectivity index is 1.50. The van der Waals surface area contributed by atoms with Crippen molar-refractivity contribution < 1.29 is 0 Å². The zero-order chi connectivity index (χ0) is 20.1. The highest BCUT2D eigenvalue weighted by molar-refractivity contribution is 5.76. The first-order valence-corrected chi connectivity index (χ1v) is 11.7. The Morgan fingerprint density at radius 2 is 1.62 bits per heavy atom. The van der Waals surface area contributed by atoms with Gasteiger partial charge in [0.25, 0.3) is 0 Å². The number of para-hydroxylation sites is 2. The van der Waals surface area contributed by atoms with Gasteiger partial charge in [-0.25, -0.2) is 0 Å². The zero-order valence-corrected chi connectivity index (χ0v) is 17.9. The molecule has 5 nitrogen and oxygen atoms in total. The van der Waals surface area contributed by atoms with E-state index < -0.39 is 0 Å². The van der Waals surface area contributed by atoms with E-state index in [1.54, 1.807) is 0 Å². The standard InChI is InChI=1S/C24H35N5/c1-2-28-22-12-8-9-13-23(22)29(24(28)26-19-25)21-14-16-27(17-15-21)18-20-10-6-4-3-5-7-11-20/h8-9,12-13,20-21H,2-7,10-11,14-18H2,1H3/b26-24+. The van der Waals surface area contributed by atoms with Crippen molar-refractivity contribution in [3.05, 3.63) is 29.9 Å². The number of aromatic nitrogens is 2. The molecule has 0 spiro atoms. The topological polar surface area (TPSA) is 49.2 Å². The second-order valence-electron chi connectivity index (χ2n) is 8.86. The van der Waals surface area contributed by atoms with Crippen molar-refractivity contribution in [3.63, 3.8) is 0 Å². The lowest BCUT2D eigenvalue weighted by Crippen LogP contribution is -2.40. The maximum absolute atomic E-state index is 9.30. The normalized spacial score (nSPS) is 21.2. The number of likely N-dealkylation sites (tertiary alicyclic amines) is 1. The van der Waals surface area contributed by atoms with Crippen LogP contribution in [0.25, 0.3) is 11.0 Å². The van der Waals surface area contributed by atoms with Gasteiger partial charge in [-0.2, -0.15) is 5.26 Å². The summed E-state index contributed by atoms with van der Waals surface area (Å²) in [6, 6.07) is 8.92. The van der Waals surface area contributed by atoms with Crippen LogP contribution in [0, 0.1) is 17.4 Å². The van der Waals surface area contributed by atoms with Crippen LogP contribution in [0.3, 0.4) is 0 Å². The van der Waals surface area contributed by atoms with Crippen LogP contribution in [0.4, 0.5) is 0 Å². The maximum atomic E-state index is 9.30. The number of hydrogen-bond donors (Lipinski definition) is 0. The molecule has 2 heterocycles. The molecule has 0 bridgehead atoms. The van der Waals surface area contributed by atoms with Crippen LogP contribution in [0.5, 0.6) is 0 Å². The van der Waals surface area contributed by atoms with Crippen molar-refractivity contribution in [2.45, 2.75) is 77.3 Å². The number of nitriles is 1. The Morgan fingerprint density at radius 1 is 0.966 bits per heavy atom. The summed E-state index contributed by atoms with van der Waals surface area (Å²) in [7, 11) is 0. The molecule has 4 rings (SSSR count). The number of fused-ring (bicyclic) bond motifs is 1. The minimum atomic E-state index is 0.424. The predicted molar refractivity (Wildman–Crippen MR) is 117 cm³/mol.